The second-order valence-corrected chi connectivity index (χ2v) is 7.95. The molecule has 0 aliphatic heterocycles. The Kier molecular flexibility index (Phi) is 3.58. The average Bonchev–Trinajstić information content (AvgIpc) is 3.50. The van der Waals surface area contributed by atoms with Gasteiger partial charge in [0.25, 0.3) is 0 Å². The zero-order valence-electron chi connectivity index (χ0n) is 16.0. The minimum Gasteiger partial charge on any atom is -0.369 e. The standard InChI is InChI=1S/C21H20N8O/c22-18(30)15-11-1-2-12(7-11)16(15)27-20-17-19(25-9-24-17)28-21(29-20)26-13-3-4-14-10(8-13)5-6-23-14/h1-6,8-9,11-12,15-16,23H,7H2,(H2,22,30)(H3,24,25,26,27,28,29)/t11-,12+,15+,16-/m1/s1. The molecule has 4 aromatic rings. The zero-order valence-corrected chi connectivity index (χ0v) is 16.0. The zero-order chi connectivity index (χ0) is 20.2. The van der Waals surface area contributed by atoms with E-state index in [0.717, 1.165) is 23.0 Å². The summed E-state index contributed by atoms with van der Waals surface area (Å²) in [4.78, 5) is 31.9. The van der Waals surface area contributed by atoms with Crippen LogP contribution in [0.2, 0.25) is 0 Å². The summed E-state index contributed by atoms with van der Waals surface area (Å²) in [7, 11) is 0. The van der Waals surface area contributed by atoms with Gasteiger partial charge in [-0.25, -0.2) is 4.98 Å². The van der Waals surface area contributed by atoms with Crippen molar-refractivity contribution < 1.29 is 4.79 Å². The minimum absolute atomic E-state index is 0.101. The lowest BCUT2D eigenvalue weighted by atomic mass is 9.88. The molecule has 1 amide bonds. The van der Waals surface area contributed by atoms with Crippen LogP contribution in [0.4, 0.5) is 17.5 Å². The van der Waals surface area contributed by atoms with Crippen LogP contribution in [0.25, 0.3) is 22.1 Å². The average molecular weight is 400 g/mol. The molecule has 6 rings (SSSR count). The van der Waals surface area contributed by atoms with Gasteiger partial charge >= 0.3 is 0 Å². The van der Waals surface area contributed by atoms with Crippen LogP contribution < -0.4 is 16.4 Å². The molecule has 0 spiro atoms. The number of amides is 1. The number of fused-ring (bicyclic) bond motifs is 4. The van der Waals surface area contributed by atoms with Crippen LogP contribution in [0.5, 0.6) is 0 Å². The number of carbonyl (C=O) groups excluding carboxylic acids is 1. The van der Waals surface area contributed by atoms with Crippen molar-refractivity contribution in [3.8, 4) is 0 Å². The monoisotopic (exact) mass is 400 g/mol. The number of anilines is 3. The van der Waals surface area contributed by atoms with Crippen molar-refractivity contribution in [3.05, 3.63) is 48.9 Å². The molecular weight excluding hydrogens is 380 g/mol. The lowest BCUT2D eigenvalue weighted by Gasteiger charge is -2.27. The number of carbonyl (C=O) groups is 1. The Morgan fingerprint density at radius 1 is 1.13 bits per heavy atom. The highest BCUT2D eigenvalue weighted by molar-refractivity contribution is 5.87. The van der Waals surface area contributed by atoms with Gasteiger partial charge in [0.1, 0.15) is 5.52 Å². The molecule has 0 unspecified atom stereocenters. The molecule has 4 atom stereocenters. The van der Waals surface area contributed by atoms with Gasteiger partial charge < -0.3 is 26.3 Å². The smallest absolute Gasteiger partial charge is 0.231 e. The van der Waals surface area contributed by atoms with Gasteiger partial charge in [-0.05, 0) is 42.5 Å². The number of nitrogens with one attached hydrogen (secondary N) is 4. The maximum Gasteiger partial charge on any atom is 0.231 e. The third-order valence-corrected chi connectivity index (χ3v) is 6.18. The van der Waals surface area contributed by atoms with Crippen LogP contribution in [0, 0.1) is 17.8 Å². The first-order valence-electron chi connectivity index (χ1n) is 9.95. The number of hydrogen-bond donors (Lipinski definition) is 5. The fourth-order valence-electron chi connectivity index (χ4n) is 4.82. The Morgan fingerprint density at radius 2 is 2.03 bits per heavy atom. The first-order valence-corrected chi connectivity index (χ1v) is 9.95. The highest BCUT2D eigenvalue weighted by atomic mass is 16.1. The molecule has 6 N–H and O–H groups in total. The summed E-state index contributed by atoms with van der Waals surface area (Å²) in [6.45, 7) is 0. The summed E-state index contributed by atoms with van der Waals surface area (Å²) < 4.78 is 0. The second kappa shape index (κ2) is 6.31. The summed E-state index contributed by atoms with van der Waals surface area (Å²) in [5, 5.41) is 7.82. The van der Waals surface area contributed by atoms with Gasteiger partial charge in [0.15, 0.2) is 11.5 Å². The molecule has 2 aliphatic rings. The topological polar surface area (TPSA) is 137 Å². The summed E-state index contributed by atoms with van der Waals surface area (Å²) in [6.07, 6.45) is 8.69. The van der Waals surface area contributed by atoms with Crippen molar-refractivity contribution in [1.82, 2.24) is 24.9 Å². The van der Waals surface area contributed by atoms with Gasteiger partial charge in [-0.2, -0.15) is 9.97 Å². The predicted molar refractivity (Wildman–Crippen MR) is 114 cm³/mol. The Labute approximate surface area is 171 Å². The molecule has 1 fully saturated rings. The Morgan fingerprint density at radius 3 is 2.93 bits per heavy atom. The van der Waals surface area contributed by atoms with Crippen LogP contribution in [0.3, 0.4) is 0 Å². The molecule has 2 aliphatic carbocycles. The first-order chi connectivity index (χ1) is 14.7. The molecule has 1 saturated carbocycles. The van der Waals surface area contributed by atoms with E-state index in [4.69, 9.17) is 5.73 Å². The summed E-state index contributed by atoms with van der Waals surface area (Å²) in [5.74, 6) is 0.935. The number of aromatic nitrogens is 5. The minimum atomic E-state index is -0.283. The van der Waals surface area contributed by atoms with E-state index in [9.17, 15) is 4.79 Å². The van der Waals surface area contributed by atoms with E-state index >= 15 is 0 Å². The van der Waals surface area contributed by atoms with Crippen molar-refractivity contribution in [2.24, 2.45) is 23.5 Å². The van der Waals surface area contributed by atoms with E-state index in [0.29, 0.717) is 22.9 Å². The van der Waals surface area contributed by atoms with Gasteiger partial charge in [0.2, 0.25) is 11.9 Å². The van der Waals surface area contributed by atoms with Crippen molar-refractivity contribution >= 4 is 45.4 Å². The molecule has 30 heavy (non-hydrogen) atoms. The SMILES string of the molecule is NC(=O)[C@@H]1[C@H](Nc2nc(Nc3ccc4[nH]ccc4c3)nc3[nH]cnc23)[C@H]2C=C[C@@H]1C2. The molecule has 150 valence electrons. The fraction of sp³-hybridized carbons (Fsp3) is 0.238. The highest BCUT2D eigenvalue weighted by Gasteiger charge is 2.47. The number of H-pyrrole nitrogens is 2. The number of benzene rings is 1. The van der Waals surface area contributed by atoms with Gasteiger partial charge in [0, 0.05) is 28.8 Å². The number of allylic oxidation sites excluding steroid dienone is 1. The summed E-state index contributed by atoms with van der Waals surface area (Å²) >= 11 is 0. The third kappa shape index (κ3) is 2.62. The lowest BCUT2D eigenvalue weighted by molar-refractivity contribution is -0.122. The van der Waals surface area contributed by atoms with Gasteiger partial charge in [0.05, 0.1) is 12.2 Å². The molecular formula is C21H20N8O. The van der Waals surface area contributed by atoms with Crippen LogP contribution in [0.1, 0.15) is 6.42 Å². The number of aromatic amines is 2. The largest absolute Gasteiger partial charge is 0.369 e. The molecule has 0 saturated heterocycles. The van der Waals surface area contributed by atoms with Crippen molar-refractivity contribution in [3.63, 3.8) is 0 Å². The molecule has 3 heterocycles. The number of nitrogens with two attached hydrogens (primary N) is 1. The number of nitrogens with zero attached hydrogens (tertiary/aromatic N) is 3. The maximum absolute atomic E-state index is 12.1. The first kappa shape index (κ1) is 17.0. The van der Waals surface area contributed by atoms with Gasteiger partial charge in [-0.3, -0.25) is 4.79 Å². The van der Waals surface area contributed by atoms with E-state index in [-0.39, 0.29) is 29.7 Å². The van der Waals surface area contributed by atoms with E-state index in [1.165, 1.54) is 0 Å². The van der Waals surface area contributed by atoms with Crippen LogP contribution in [-0.2, 0) is 4.79 Å². The predicted octanol–water partition coefficient (Wildman–Crippen LogP) is 2.67. The van der Waals surface area contributed by atoms with Crippen molar-refractivity contribution in [1.29, 1.82) is 0 Å². The number of imidazole rings is 1. The van der Waals surface area contributed by atoms with Crippen LogP contribution in [-0.4, -0.2) is 36.9 Å². The second-order valence-electron chi connectivity index (χ2n) is 7.95. The van der Waals surface area contributed by atoms with Gasteiger partial charge in [-0.1, -0.05) is 12.2 Å². The Hall–Kier alpha value is -3.88. The van der Waals surface area contributed by atoms with Crippen LogP contribution >= 0.6 is 0 Å². The van der Waals surface area contributed by atoms with Crippen molar-refractivity contribution in [2.45, 2.75) is 12.5 Å². The quantitative estimate of drug-likeness (QED) is 0.327. The summed E-state index contributed by atoms with van der Waals surface area (Å²) in [6, 6.07) is 7.92. The van der Waals surface area contributed by atoms with Crippen LogP contribution in [0.15, 0.2) is 48.9 Å². The molecule has 9 heteroatoms. The molecule has 0 radical (unpaired) electrons. The number of hydrogen-bond acceptors (Lipinski definition) is 6. The van der Waals surface area contributed by atoms with E-state index in [1.54, 1.807) is 6.33 Å². The third-order valence-electron chi connectivity index (χ3n) is 6.18. The number of primary amides is 1. The molecule has 3 aromatic heterocycles. The molecule has 9 nitrogen and oxygen atoms in total. The van der Waals surface area contributed by atoms with E-state index < -0.39 is 0 Å². The summed E-state index contributed by atoms with van der Waals surface area (Å²) in [5.41, 5.74) is 8.90. The Balaban J connectivity index is 1.35. The van der Waals surface area contributed by atoms with Crippen molar-refractivity contribution in [2.75, 3.05) is 10.6 Å². The Bertz CT molecular complexity index is 1300. The lowest BCUT2D eigenvalue weighted by Crippen LogP contribution is -2.41. The maximum atomic E-state index is 12.1. The normalized spacial score (nSPS) is 24.7. The number of rotatable bonds is 5. The molecule has 2 bridgehead atoms. The van der Waals surface area contributed by atoms with E-state index in [1.807, 2.05) is 30.5 Å². The highest BCUT2D eigenvalue weighted by Crippen LogP contribution is 2.45. The molecule has 1 aromatic carbocycles. The van der Waals surface area contributed by atoms with Gasteiger partial charge in [-0.15, -0.1) is 0 Å². The fourth-order valence-corrected chi connectivity index (χ4v) is 4.82. The van der Waals surface area contributed by atoms with E-state index in [2.05, 4.69) is 47.7 Å².